The second-order valence-corrected chi connectivity index (χ2v) is 7.10. The molecule has 0 bridgehead atoms. The van der Waals surface area contributed by atoms with Gasteiger partial charge < -0.3 is 5.73 Å². The minimum absolute atomic E-state index is 0.161. The Morgan fingerprint density at radius 3 is 2.72 bits per heavy atom. The van der Waals surface area contributed by atoms with Crippen molar-refractivity contribution in [3.05, 3.63) is 27.7 Å². The Hall–Kier alpha value is -0.210. The Bertz CT molecular complexity index is 549. The molecule has 18 heavy (non-hydrogen) atoms. The number of halogens is 2. The molecule has 0 heterocycles. The summed E-state index contributed by atoms with van der Waals surface area (Å²) in [7, 11) is -3.52. The van der Waals surface area contributed by atoms with Crippen molar-refractivity contribution in [1.82, 2.24) is 4.72 Å². The molecule has 0 amide bonds. The molecule has 100 valence electrons. The molecule has 0 aliphatic heterocycles. The third-order valence-corrected chi connectivity index (χ3v) is 4.97. The first-order chi connectivity index (χ1) is 8.33. The van der Waals surface area contributed by atoms with Gasteiger partial charge >= 0.3 is 0 Å². The number of hydrogen-bond acceptors (Lipinski definition) is 3. The average Bonchev–Trinajstić information content (AvgIpc) is 2.28. The summed E-state index contributed by atoms with van der Waals surface area (Å²) >= 11 is 13.7. The lowest BCUT2D eigenvalue weighted by Gasteiger charge is -2.07. The number of rotatable bonds is 6. The van der Waals surface area contributed by atoms with Crippen LogP contribution in [-0.2, 0) is 10.0 Å². The van der Waals surface area contributed by atoms with Crippen LogP contribution >= 0.6 is 39.7 Å². The first kappa shape index (κ1) is 15.8. The standard InChI is InChI=1S/C10H12BrClN2O2S2/c11-8-6-7(3-4-9(8)12)18(15,16)14-5-1-2-10(13)17/h3-4,6,14H,1-2,5H2,(H2,13,17). The quantitative estimate of drug-likeness (QED) is 0.595. The van der Waals surface area contributed by atoms with Crippen molar-refractivity contribution in [1.29, 1.82) is 0 Å². The van der Waals surface area contributed by atoms with Crippen LogP contribution in [0.5, 0.6) is 0 Å². The van der Waals surface area contributed by atoms with Crippen molar-refractivity contribution in [3.63, 3.8) is 0 Å². The van der Waals surface area contributed by atoms with Gasteiger partial charge in [-0.1, -0.05) is 23.8 Å². The predicted molar refractivity (Wildman–Crippen MR) is 80.4 cm³/mol. The molecule has 0 radical (unpaired) electrons. The fourth-order valence-corrected chi connectivity index (χ4v) is 3.09. The van der Waals surface area contributed by atoms with E-state index in [0.29, 0.717) is 33.9 Å². The molecule has 1 aromatic carbocycles. The molecule has 0 spiro atoms. The van der Waals surface area contributed by atoms with E-state index in [0.717, 1.165) is 0 Å². The molecule has 0 aliphatic carbocycles. The van der Waals surface area contributed by atoms with E-state index in [1.165, 1.54) is 18.2 Å². The number of sulfonamides is 1. The zero-order valence-electron chi connectivity index (χ0n) is 9.32. The van der Waals surface area contributed by atoms with Crippen LogP contribution in [0, 0.1) is 0 Å². The molecular formula is C10H12BrClN2O2S2. The smallest absolute Gasteiger partial charge is 0.240 e. The molecule has 0 saturated carbocycles. The third-order valence-electron chi connectivity index (χ3n) is 2.09. The normalized spacial score (nSPS) is 11.4. The monoisotopic (exact) mass is 370 g/mol. The first-order valence-corrected chi connectivity index (χ1v) is 8.12. The number of benzene rings is 1. The maximum atomic E-state index is 11.9. The van der Waals surface area contributed by atoms with E-state index in [2.05, 4.69) is 20.7 Å². The highest BCUT2D eigenvalue weighted by molar-refractivity contribution is 9.10. The highest BCUT2D eigenvalue weighted by Gasteiger charge is 2.14. The van der Waals surface area contributed by atoms with Gasteiger partial charge in [0.1, 0.15) is 0 Å². The van der Waals surface area contributed by atoms with Gasteiger partial charge in [0.15, 0.2) is 0 Å². The SMILES string of the molecule is NC(=S)CCCNS(=O)(=O)c1ccc(Cl)c(Br)c1. The van der Waals surface area contributed by atoms with E-state index < -0.39 is 10.0 Å². The summed E-state index contributed by atoms with van der Waals surface area (Å²) < 4.78 is 26.8. The molecule has 0 atom stereocenters. The molecule has 0 aliphatic rings. The van der Waals surface area contributed by atoms with Gasteiger partial charge in [0.05, 0.1) is 14.9 Å². The lowest BCUT2D eigenvalue weighted by Crippen LogP contribution is -2.25. The third kappa shape index (κ3) is 4.81. The maximum Gasteiger partial charge on any atom is 0.240 e. The average molecular weight is 372 g/mol. The highest BCUT2D eigenvalue weighted by atomic mass is 79.9. The number of thiocarbonyl (C=S) groups is 1. The highest BCUT2D eigenvalue weighted by Crippen LogP contribution is 2.25. The number of hydrogen-bond donors (Lipinski definition) is 2. The summed E-state index contributed by atoms with van der Waals surface area (Å²) in [5.41, 5.74) is 5.32. The minimum atomic E-state index is -3.52. The largest absolute Gasteiger partial charge is 0.393 e. The van der Waals surface area contributed by atoms with Crippen LogP contribution in [0.25, 0.3) is 0 Å². The summed E-state index contributed by atoms with van der Waals surface area (Å²) in [6, 6.07) is 4.43. The van der Waals surface area contributed by atoms with E-state index in [4.69, 9.17) is 29.6 Å². The zero-order valence-corrected chi connectivity index (χ0v) is 13.3. The van der Waals surface area contributed by atoms with Crippen molar-refractivity contribution in [2.24, 2.45) is 5.73 Å². The number of nitrogens with two attached hydrogens (primary N) is 1. The van der Waals surface area contributed by atoms with Crippen LogP contribution in [-0.4, -0.2) is 20.0 Å². The molecular weight excluding hydrogens is 360 g/mol. The van der Waals surface area contributed by atoms with E-state index in [9.17, 15) is 8.42 Å². The Morgan fingerprint density at radius 2 is 2.17 bits per heavy atom. The fraction of sp³-hybridized carbons (Fsp3) is 0.300. The van der Waals surface area contributed by atoms with E-state index in [1.807, 2.05) is 0 Å². The second kappa shape index (κ2) is 6.81. The summed E-state index contributed by atoms with van der Waals surface area (Å²) in [5, 5.41) is 0.461. The predicted octanol–water partition coefficient (Wildman–Crippen LogP) is 2.45. The van der Waals surface area contributed by atoms with Gasteiger partial charge in [-0.3, -0.25) is 0 Å². The van der Waals surface area contributed by atoms with Gasteiger partial charge in [-0.05, 0) is 47.0 Å². The van der Waals surface area contributed by atoms with Crippen molar-refractivity contribution < 1.29 is 8.42 Å². The van der Waals surface area contributed by atoms with Crippen molar-refractivity contribution in [2.45, 2.75) is 17.7 Å². The van der Waals surface area contributed by atoms with Gasteiger partial charge in [-0.2, -0.15) is 0 Å². The Balaban J connectivity index is 2.68. The van der Waals surface area contributed by atoms with E-state index in [1.54, 1.807) is 0 Å². The zero-order chi connectivity index (χ0) is 13.8. The Kier molecular flexibility index (Phi) is 6.00. The maximum absolute atomic E-state index is 11.9. The van der Waals surface area contributed by atoms with Gasteiger partial charge in [0, 0.05) is 11.0 Å². The second-order valence-electron chi connectivity index (χ2n) is 3.54. The van der Waals surface area contributed by atoms with Crippen LogP contribution in [0.3, 0.4) is 0 Å². The van der Waals surface area contributed by atoms with Crippen LogP contribution in [0.15, 0.2) is 27.6 Å². The van der Waals surface area contributed by atoms with Crippen molar-refractivity contribution >= 4 is 54.8 Å². The molecule has 0 saturated heterocycles. The minimum Gasteiger partial charge on any atom is -0.393 e. The van der Waals surface area contributed by atoms with Crippen LogP contribution in [0.1, 0.15) is 12.8 Å². The molecule has 8 heteroatoms. The lowest BCUT2D eigenvalue weighted by molar-refractivity contribution is 0.580. The molecule has 1 aromatic rings. The Labute approximate surface area is 125 Å². The Morgan fingerprint density at radius 1 is 1.50 bits per heavy atom. The molecule has 0 unspecified atom stereocenters. The molecule has 0 aromatic heterocycles. The topological polar surface area (TPSA) is 72.2 Å². The van der Waals surface area contributed by atoms with Crippen molar-refractivity contribution in [3.8, 4) is 0 Å². The van der Waals surface area contributed by atoms with Crippen LogP contribution in [0.4, 0.5) is 0 Å². The van der Waals surface area contributed by atoms with Gasteiger partial charge in [-0.15, -0.1) is 0 Å². The van der Waals surface area contributed by atoms with Crippen molar-refractivity contribution in [2.75, 3.05) is 6.54 Å². The number of nitrogens with one attached hydrogen (secondary N) is 1. The first-order valence-electron chi connectivity index (χ1n) is 5.06. The van der Waals surface area contributed by atoms with E-state index >= 15 is 0 Å². The van der Waals surface area contributed by atoms with Crippen LogP contribution in [0.2, 0.25) is 5.02 Å². The summed E-state index contributed by atoms with van der Waals surface area (Å²) in [6.45, 7) is 0.292. The molecule has 3 N–H and O–H groups in total. The lowest BCUT2D eigenvalue weighted by atomic mass is 10.3. The summed E-state index contributed by atoms with van der Waals surface area (Å²) in [4.78, 5) is 0.539. The van der Waals surface area contributed by atoms with Gasteiger partial charge in [0.25, 0.3) is 0 Å². The fourth-order valence-electron chi connectivity index (χ4n) is 1.20. The molecule has 4 nitrogen and oxygen atoms in total. The van der Waals surface area contributed by atoms with Crippen LogP contribution < -0.4 is 10.5 Å². The van der Waals surface area contributed by atoms with Gasteiger partial charge in [-0.25, -0.2) is 13.1 Å². The molecule has 0 fully saturated rings. The molecule has 1 rings (SSSR count). The van der Waals surface area contributed by atoms with Gasteiger partial charge in [0.2, 0.25) is 10.0 Å². The van der Waals surface area contributed by atoms with E-state index in [-0.39, 0.29) is 4.90 Å². The summed E-state index contributed by atoms with van der Waals surface area (Å²) in [5.74, 6) is 0. The summed E-state index contributed by atoms with van der Waals surface area (Å²) in [6.07, 6.45) is 1.09.